The highest BCUT2D eigenvalue weighted by Crippen LogP contribution is 2.31. The van der Waals surface area contributed by atoms with Crippen molar-refractivity contribution in [3.8, 4) is 0 Å². The predicted molar refractivity (Wildman–Crippen MR) is 66.4 cm³/mol. The minimum Gasteiger partial charge on any atom is -0.363 e. The van der Waals surface area contributed by atoms with E-state index in [0.717, 1.165) is 25.2 Å². The summed E-state index contributed by atoms with van der Waals surface area (Å²) < 4.78 is 23.6. The van der Waals surface area contributed by atoms with Crippen molar-refractivity contribution in [1.82, 2.24) is 20.1 Å². The summed E-state index contributed by atoms with van der Waals surface area (Å²) in [6.45, 7) is 2.32. The Morgan fingerprint density at radius 2 is 2.15 bits per heavy atom. The van der Waals surface area contributed by atoms with Gasteiger partial charge in [-0.15, -0.1) is 0 Å². The lowest BCUT2D eigenvalue weighted by molar-refractivity contribution is 0.0326. The molecule has 0 unspecified atom stereocenters. The van der Waals surface area contributed by atoms with Gasteiger partial charge in [-0.05, 0) is 19.8 Å². The van der Waals surface area contributed by atoms with Crippen LogP contribution >= 0.6 is 0 Å². The Hall–Kier alpha value is -2.09. The second-order valence-corrected chi connectivity index (χ2v) is 4.61. The van der Waals surface area contributed by atoms with Gasteiger partial charge in [0.05, 0.1) is 18.5 Å². The minimum atomic E-state index is -0.459. The van der Waals surface area contributed by atoms with Crippen molar-refractivity contribution in [3.63, 3.8) is 0 Å². The summed E-state index contributed by atoms with van der Waals surface area (Å²) in [5, 5.41) is 6.76. The van der Waals surface area contributed by atoms with E-state index in [-0.39, 0.29) is 12.2 Å². The van der Waals surface area contributed by atoms with Gasteiger partial charge in [0, 0.05) is 6.54 Å². The third kappa shape index (κ3) is 2.90. The van der Waals surface area contributed by atoms with Crippen LogP contribution in [0.15, 0.2) is 16.9 Å². The van der Waals surface area contributed by atoms with Crippen LogP contribution in [0.2, 0.25) is 0 Å². The summed E-state index contributed by atoms with van der Waals surface area (Å²) in [7, 11) is 0. The predicted octanol–water partition coefficient (Wildman–Crippen LogP) is 1.64. The molecular weight excluding hydrogens is 265 g/mol. The molecule has 20 heavy (non-hydrogen) atoms. The first-order valence-corrected chi connectivity index (χ1v) is 6.38. The van der Waals surface area contributed by atoms with Crippen LogP contribution in [0.4, 0.5) is 10.3 Å². The monoisotopic (exact) mass is 279 g/mol. The van der Waals surface area contributed by atoms with Crippen LogP contribution < -0.4 is 5.32 Å². The lowest BCUT2D eigenvalue weighted by Gasteiger charge is -2.12. The molecule has 1 saturated heterocycles. The Morgan fingerprint density at radius 3 is 2.85 bits per heavy atom. The molecule has 1 fully saturated rings. The molecular formula is C12H14FN5O2. The van der Waals surface area contributed by atoms with Crippen LogP contribution in [0.5, 0.6) is 0 Å². The Kier molecular flexibility index (Phi) is 3.55. The quantitative estimate of drug-likeness (QED) is 0.910. The topological polar surface area (TPSA) is 86.0 Å². The third-order valence-corrected chi connectivity index (χ3v) is 3.03. The van der Waals surface area contributed by atoms with E-state index in [0.29, 0.717) is 24.2 Å². The molecule has 0 aliphatic carbocycles. The molecule has 0 bridgehead atoms. The highest BCUT2D eigenvalue weighted by atomic mass is 19.1. The van der Waals surface area contributed by atoms with Crippen molar-refractivity contribution in [2.45, 2.75) is 32.0 Å². The summed E-state index contributed by atoms with van der Waals surface area (Å²) in [6, 6.07) is 0. The molecule has 8 heteroatoms. The van der Waals surface area contributed by atoms with E-state index in [4.69, 9.17) is 9.26 Å². The average molecular weight is 279 g/mol. The lowest BCUT2D eigenvalue weighted by atomic mass is 10.2. The number of aryl methyl sites for hydroxylation is 1. The molecule has 2 aromatic heterocycles. The van der Waals surface area contributed by atoms with E-state index in [1.165, 1.54) is 0 Å². The highest BCUT2D eigenvalue weighted by Gasteiger charge is 2.30. The average Bonchev–Trinajstić information content (AvgIpc) is 3.07. The molecule has 2 aromatic rings. The van der Waals surface area contributed by atoms with Gasteiger partial charge < -0.3 is 14.6 Å². The lowest BCUT2D eigenvalue weighted by Crippen LogP contribution is -2.20. The van der Waals surface area contributed by atoms with Gasteiger partial charge in [0.15, 0.2) is 11.6 Å². The maximum Gasteiger partial charge on any atom is 0.255 e. The summed E-state index contributed by atoms with van der Waals surface area (Å²) in [6.07, 6.45) is 3.81. The van der Waals surface area contributed by atoms with E-state index < -0.39 is 5.82 Å². The van der Waals surface area contributed by atoms with Gasteiger partial charge in [-0.25, -0.2) is 14.4 Å². The number of anilines is 1. The van der Waals surface area contributed by atoms with Crippen LogP contribution in [-0.2, 0) is 4.74 Å². The molecule has 0 aromatic carbocycles. The summed E-state index contributed by atoms with van der Waals surface area (Å²) in [5.41, 5.74) is 0. The zero-order valence-electron chi connectivity index (χ0n) is 10.9. The fourth-order valence-electron chi connectivity index (χ4n) is 2.09. The number of aromatic nitrogens is 4. The SMILES string of the molecule is Cc1noc([C@@H]2CC[C@H](CNc3ncc(F)cn3)O2)n1. The molecule has 0 amide bonds. The maximum absolute atomic E-state index is 12.7. The fourth-order valence-corrected chi connectivity index (χ4v) is 2.09. The van der Waals surface area contributed by atoms with Crippen molar-refractivity contribution in [2.24, 2.45) is 0 Å². The number of nitrogens with one attached hydrogen (secondary N) is 1. The maximum atomic E-state index is 12.7. The zero-order valence-corrected chi connectivity index (χ0v) is 10.9. The van der Waals surface area contributed by atoms with E-state index in [9.17, 15) is 4.39 Å². The second-order valence-electron chi connectivity index (χ2n) is 4.61. The second kappa shape index (κ2) is 5.49. The van der Waals surface area contributed by atoms with E-state index >= 15 is 0 Å². The fraction of sp³-hybridized carbons (Fsp3) is 0.500. The molecule has 0 spiro atoms. The first-order chi connectivity index (χ1) is 9.70. The van der Waals surface area contributed by atoms with Gasteiger partial charge in [-0.2, -0.15) is 4.98 Å². The Morgan fingerprint density at radius 1 is 1.35 bits per heavy atom. The molecule has 1 N–H and O–H groups in total. The number of hydrogen-bond donors (Lipinski definition) is 1. The van der Waals surface area contributed by atoms with Crippen LogP contribution in [0.25, 0.3) is 0 Å². The van der Waals surface area contributed by atoms with Gasteiger partial charge in [-0.3, -0.25) is 0 Å². The third-order valence-electron chi connectivity index (χ3n) is 3.03. The Labute approximate surface area is 114 Å². The molecule has 3 heterocycles. The number of hydrogen-bond acceptors (Lipinski definition) is 7. The number of ether oxygens (including phenoxy) is 1. The van der Waals surface area contributed by atoms with Crippen LogP contribution in [0.1, 0.15) is 30.7 Å². The van der Waals surface area contributed by atoms with Crippen LogP contribution in [-0.4, -0.2) is 32.8 Å². The van der Waals surface area contributed by atoms with E-state index in [1.54, 1.807) is 6.92 Å². The molecule has 7 nitrogen and oxygen atoms in total. The molecule has 1 aliphatic heterocycles. The normalized spacial score (nSPS) is 22.1. The van der Waals surface area contributed by atoms with Crippen LogP contribution in [0.3, 0.4) is 0 Å². The first-order valence-electron chi connectivity index (χ1n) is 6.38. The Balaban J connectivity index is 1.51. The number of halogens is 1. The van der Waals surface area contributed by atoms with Gasteiger partial charge in [-0.1, -0.05) is 5.16 Å². The first kappa shape index (κ1) is 12.9. The molecule has 3 rings (SSSR count). The van der Waals surface area contributed by atoms with Crippen molar-refractivity contribution in [3.05, 3.63) is 29.9 Å². The summed E-state index contributed by atoms with van der Waals surface area (Å²) in [5.74, 6) is 1.04. The van der Waals surface area contributed by atoms with Crippen molar-refractivity contribution >= 4 is 5.95 Å². The van der Waals surface area contributed by atoms with Crippen molar-refractivity contribution < 1.29 is 13.7 Å². The molecule has 0 radical (unpaired) electrons. The van der Waals surface area contributed by atoms with Gasteiger partial charge in [0.25, 0.3) is 5.89 Å². The molecule has 106 valence electrons. The molecule has 1 aliphatic rings. The smallest absolute Gasteiger partial charge is 0.255 e. The highest BCUT2D eigenvalue weighted by molar-refractivity contribution is 5.22. The molecule has 2 atom stereocenters. The number of rotatable bonds is 4. The van der Waals surface area contributed by atoms with Gasteiger partial charge in [0.2, 0.25) is 5.95 Å². The van der Waals surface area contributed by atoms with E-state index in [1.807, 2.05) is 0 Å². The van der Waals surface area contributed by atoms with E-state index in [2.05, 4.69) is 25.4 Å². The van der Waals surface area contributed by atoms with Gasteiger partial charge in [0.1, 0.15) is 6.10 Å². The minimum absolute atomic E-state index is 0.0147. The summed E-state index contributed by atoms with van der Waals surface area (Å²) in [4.78, 5) is 11.8. The standard InChI is InChI=1S/C12H14FN5O2/c1-7-17-11(20-18-7)10-3-2-9(19-10)6-16-12-14-4-8(13)5-15-12/h4-5,9-10H,2-3,6H2,1H3,(H,14,15,16)/t9-,10+/m1/s1. The van der Waals surface area contributed by atoms with Gasteiger partial charge >= 0.3 is 0 Å². The molecule has 0 saturated carbocycles. The van der Waals surface area contributed by atoms with Crippen molar-refractivity contribution in [1.29, 1.82) is 0 Å². The Bertz CT molecular complexity index is 573. The number of nitrogens with zero attached hydrogens (tertiary/aromatic N) is 4. The van der Waals surface area contributed by atoms with Crippen LogP contribution in [0, 0.1) is 12.7 Å². The largest absolute Gasteiger partial charge is 0.363 e. The zero-order chi connectivity index (χ0) is 13.9. The summed E-state index contributed by atoms with van der Waals surface area (Å²) >= 11 is 0. The van der Waals surface area contributed by atoms with Crippen molar-refractivity contribution in [2.75, 3.05) is 11.9 Å².